The largest absolute Gasteiger partial charge is 0.444 e. The number of likely N-dealkylation sites (tertiary alicyclic amines) is 1. The van der Waals surface area contributed by atoms with Gasteiger partial charge in [0.2, 0.25) is 5.91 Å². The lowest BCUT2D eigenvalue weighted by molar-refractivity contribution is -0.136. The van der Waals surface area contributed by atoms with E-state index in [1.165, 1.54) is 0 Å². The maximum absolute atomic E-state index is 13.0. The quantitative estimate of drug-likeness (QED) is 0.670. The Morgan fingerprint density at radius 3 is 2.31 bits per heavy atom. The van der Waals surface area contributed by atoms with Gasteiger partial charge >= 0.3 is 6.09 Å². The van der Waals surface area contributed by atoms with Crippen molar-refractivity contribution in [3.8, 4) is 0 Å². The zero-order chi connectivity index (χ0) is 21.8. The van der Waals surface area contributed by atoms with E-state index in [0.717, 1.165) is 24.8 Å². The van der Waals surface area contributed by atoms with Crippen molar-refractivity contribution < 1.29 is 14.3 Å². The van der Waals surface area contributed by atoms with Crippen LogP contribution in [0.4, 0.5) is 4.79 Å². The molecule has 0 saturated carbocycles. The smallest absolute Gasteiger partial charge is 0.408 e. The summed E-state index contributed by atoms with van der Waals surface area (Å²) in [5.41, 5.74) is 0.563. The molecule has 7 heteroatoms. The van der Waals surface area contributed by atoms with E-state index in [9.17, 15) is 9.59 Å². The highest BCUT2D eigenvalue weighted by molar-refractivity contribution is 6.42. The molecule has 0 spiro atoms. The molecule has 1 fully saturated rings. The van der Waals surface area contributed by atoms with Gasteiger partial charge in [0.1, 0.15) is 11.6 Å². The van der Waals surface area contributed by atoms with Gasteiger partial charge in [-0.3, -0.25) is 4.79 Å². The van der Waals surface area contributed by atoms with Gasteiger partial charge in [-0.15, -0.1) is 0 Å². The lowest BCUT2D eigenvalue weighted by Gasteiger charge is -2.35. The molecule has 0 aromatic heterocycles. The first-order valence-corrected chi connectivity index (χ1v) is 10.9. The molecule has 2 rings (SSSR count). The molecule has 29 heavy (non-hydrogen) atoms. The third-order valence-corrected chi connectivity index (χ3v) is 5.78. The third-order valence-electron chi connectivity index (χ3n) is 5.04. The Balaban J connectivity index is 1.91. The first-order chi connectivity index (χ1) is 13.5. The molecule has 1 aromatic carbocycles. The number of piperidine rings is 1. The molecule has 0 aliphatic carbocycles. The van der Waals surface area contributed by atoms with E-state index in [1.54, 1.807) is 20.8 Å². The number of benzene rings is 1. The van der Waals surface area contributed by atoms with E-state index in [1.807, 2.05) is 36.9 Å². The topological polar surface area (TPSA) is 58.6 Å². The van der Waals surface area contributed by atoms with Crippen LogP contribution < -0.4 is 5.32 Å². The molecule has 0 bridgehead atoms. The number of nitrogens with one attached hydrogen (secondary N) is 1. The van der Waals surface area contributed by atoms with Crippen molar-refractivity contribution in [2.45, 2.75) is 65.5 Å². The third kappa shape index (κ3) is 7.38. The van der Waals surface area contributed by atoms with Gasteiger partial charge in [0.05, 0.1) is 10.0 Å². The minimum absolute atomic E-state index is 0.0241. The van der Waals surface area contributed by atoms with Crippen molar-refractivity contribution in [1.29, 1.82) is 0 Å². The minimum Gasteiger partial charge on any atom is -0.444 e. The van der Waals surface area contributed by atoms with Gasteiger partial charge in [-0.25, -0.2) is 4.79 Å². The maximum Gasteiger partial charge on any atom is 0.408 e. The molecular formula is C22H32Cl2N2O3. The summed E-state index contributed by atoms with van der Waals surface area (Å²) < 4.78 is 5.32. The average molecular weight is 443 g/mol. The summed E-state index contributed by atoms with van der Waals surface area (Å²) in [6.07, 6.45) is 2.20. The molecule has 0 radical (unpaired) electrons. The van der Waals surface area contributed by atoms with Crippen molar-refractivity contribution in [1.82, 2.24) is 10.2 Å². The van der Waals surface area contributed by atoms with E-state index < -0.39 is 17.7 Å². The van der Waals surface area contributed by atoms with Gasteiger partial charge in [-0.1, -0.05) is 43.1 Å². The fourth-order valence-electron chi connectivity index (χ4n) is 3.50. The van der Waals surface area contributed by atoms with Gasteiger partial charge in [0.25, 0.3) is 0 Å². The molecule has 162 valence electrons. The molecule has 1 N–H and O–H groups in total. The van der Waals surface area contributed by atoms with Crippen LogP contribution in [0.25, 0.3) is 0 Å². The fourth-order valence-corrected chi connectivity index (χ4v) is 3.82. The first kappa shape index (κ1) is 23.8. The molecule has 1 saturated heterocycles. The molecule has 1 atom stereocenters. The van der Waals surface area contributed by atoms with Crippen LogP contribution in [-0.2, 0) is 16.0 Å². The highest BCUT2D eigenvalue weighted by Crippen LogP contribution is 2.27. The number of ether oxygens (including phenoxy) is 1. The molecule has 1 aliphatic rings. The zero-order valence-electron chi connectivity index (χ0n) is 17.9. The van der Waals surface area contributed by atoms with Gasteiger partial charge in [0, 0.05) is 13.1 Å². The summed E-state index contributed by atoms with van der Waals surface area (Å²) in [7, 11) is 0. The van der Waals surface area contributed by atoms with Crippen molar-refractivity contribution in [3.05, 3.63) is 33.8 Å². The number of carbonyl (C=O) groups is 2. The summed E-state index contributed by atoms with van der Waals surface area (Å²) in [6, 6.07) is 5.16. The summed E-state index contributed by atoms with van der Waals surface area (Å²) in [5, 5.41) is 3.89. The van der Waals surface area contributed by atoms with E-state index in [4.69, 9.17) is 27.9 Å². The molecular weight excluding hydrogens is 411 g/mol. The summed E-state index contributed by atoms with van der Waals surface area (Å²) >= 11 is 12.1. The summed E-state index contributed by atoms with van der Waals surface area (Å²) in [4.78, 5) is 27.0. The lowest BCUT2D eigenvalue weighted by Crippen LogP contribution is -2.53. The predicted molar refractivity (Wildman–Crippen MR) is 117 cm³/mol. The SMILES string of the molecule is CC(C)[C@@H](NC(=O)OC(C)(C)C)C(=O)N1CCC(Cc2ccc(Cl)c(Cl)c2)CC1. The molecule has 1 heterocycles. The minimum atomic E-state index is -0.600. The Kier molecular flexibility index (Phi) is 8.24. The van der Waals surface area contributed by atoms with Crippen molar-refractivity contribution in [2.75, 3.05) is 13.1 Å². The molecule has 0 unspecified atom stereocenters. The number of alkyl carbamates (subject to hydrolysis) is 1. The number of hydrogen-bond acceptors (Lipinski definition) is 3. The van der Waals surface area contributed by atoms with Crippen molar-refractivity contribution in [3.63, 3.8) is 0 Å². The van der Waals surface area contributed by atoms with E-state index >= 15 is 0 Å². The number of nitrogens with zero attached hydrogens (tertiary/aromatic N) is 1. The first-order valence-electron chi connectivity index (χ1n) is 10.2. The standard InChI is InChI=1S/C22H32Cl2N2O3/c1-14(2)19(25-21(28)29-22(3,4)5)20(27)26-10-8-15(9-11-26)12-16-6-7-17(23)18(24)13-16/h6-7,13-15,19H,8-12H2,1-5H3,(H,25,28)/t19-/m1/s1. The van der Waals surface area contributed by atoms with Gasteiger partial charge < -0.3 is 15.0 Å². The molecule has 2 amide bonds. The van der Waals surface area contributed by atoms with Gasteiger partial charge in [0.15, 0.2) is 0 Å². The van der Waals surface area contributed by atoms with Crippen LogP contribution in [0.2, 0.25) is 10.0 Å². The Morgan fingerprint density at radius 1 is 1.17 bits per heavy atom. The second-order valence-electron chi connectivity index (χ2n) is 9.09. The van der Waals surface area contributed by atoms with Crippen LogP contribution in [-0.4, -0.2) is 41.6 Å². The maximum atomic E-state index is 13.0. The zero-order valence-corrected chi connectivity index (χ0v) is 19.4. The number of amides is 2. The number of carbonyl (C=O) groups excluding carboxylic acids is 2. The number of halogens is 2. The second-order valence-corrected chi connectivity index (χ2v) is 9.90. The average Bonchev–Trinajstić information content (AvgIpc) is 2.61. The lowest BCUT2D eigenvalue weighted by atomic mass is 9.89. The van der Waals surface area contributed by atoms with Crippen LogP contribution in [0.3, 0.4) is 0 Å². The highest BCUT2D eigenvalue weighted by Gasteiger charge is 2.32. The van der Waals surface area contributed by atoms with Gasteiger partial charge in [-0.2, -0.15) is 0 Å². The van der Waals surface area contributed by atoms with E-state index in [-0.39, 0.29) is 11.8 Å². The summed E-state index contributed by atoms with van der Waals surface area (Å²) in [6.45, 7) is 10.6. The van der Waals surface area contributed by atoms with Crippen molar-refractivity contribution >= 4 is 35.2 Å². The van der Waals surface area contributed by atoms with Crippen LogP contribution >= 0.6 is 23.2 Å². The van der Waals surface area contributed by atoms with Crippen LogP contribution in [0.5, 0.6) is 0 Å². The Hall–Kier alpha value is -1.46. The van der Waals surface area contributed by atoms with Crippen LogP contribution in [0.1, 0.15) is 53.0 Å². The Morgan fingerprint density at radius 2 is 1.79 bits per heavy atom. The molecule has 1 aromatic rings. The van der Waals surface area contributed by atoms with Gasteiger partial charge in [-0.05, 0) is 69.6 Å². The normalized spacial score (nSPS) is 16.6. The summed E-state index contributed by atoms with van der Waals surface area (Å²) in [5.74, 6) is 0.426. The second kappa shape index (κ2) is 10.0. The van der Waals surface area contributed by atoms with E-state index in [0.29, 0.717) is 29.1 Å². The monoisotopic (exact) mass is 442 g/mol. The fraction of sp³-hybridized carbons (Fsp3) is 0.636. The molecule has 5 nitrogen and oxygen atoms in total. The molecule has 1 aliphatic heterocycles. The number of rotatable bonds is 5. The van der Waals surface area contributed by atoms with Crippen molar-refractivity contribution in [2.24, 2.45) is 11.8 Å². The van der Waals surface area contributed by atoms with Crippen LogP contribution in [0.15, 0.2) is 18.2 Å². The Bertz CT molecular complexity index is 723. The van der Waals surface area contributed by atoms with Crippen LogP contribution in [0, 0.1) is 11.8 Å². The highest BCUT2D eigenvalue weighted by atomic mass is 35.5. The predicted octanol–water partition coefficient (Wildman–Crippen LogP) is 5.32. The Labute approximate surface area is 184 Å². The number of hydrogen-bond donors (Lipinski definition) is 1. The van der Waals surface area contributed by atoms with E-state index in [2.05, 4.69) is 5.32 Å².